The molecule has 3 aromatic rings. The molecule has 0 saturated carbocycles. The van der Waals surface area contributed by atoms with Crippen LogP contribution in [0, 0.1) is 17.5 Å². The molecule has 2 aliphatic heterocycles. The molecule has 202 valence electrons. The third kappa shape index (κ3) is 5.59. The molecule has 1 atom stereocenters. The number of nitrogens with one attached hydrogen (secondary N) is 2. The highest BCUT2D eigenvalue weighted by Crippen LogP contribution is 2.32. The number of nitrogens with zero attached hydrogens (tertiary/aromatic N) is 1. The van der Waals surface area contributed by atoms with Crippen molar-refractivity contribution in [3.63, 3.8) is 0 Å². The lowest BCUT2D eigenvalue weighted by molar-refractivity contribution is -0.131. The minimum Gasteiger partial charge on any atom is -0.479 e. The molecule has 2 aliphatic rings. The van der Waals surface area contributed by atoms with Crippen molar-refractivity contribution < 1.29 is 32.3 Å². The fourth-order valence-electron chi connectivity index (χ4n) is 4.85. The molecule has 0 aliphatic carbocycles. The molecule has 0 radical (unpaired) electrons. The Bertz CT molecular complexity index is 1440. The molecule has 39 heavy (non-hydrogen) atoms. The van der Waals surface area contributed by atoms with E-state index in [2.05, 4.69) is 10.6 Å². The maximum atomic E-state index is 13.9. The average molecular weight is 538 g/mol. The molecule has 0 spiro atoms. The standard InChI is InChI=1S/C29H26F3N3O4/c1-16-28(37)34-24-14-19(4-9-25(24)39-16)29(38)33-20-5-2-17(3-6-20)18-10-12-35(13-11-18)26(36)15-21-22(30)7-8-23(31)27(21)32/h2-9,14,16,18H,10-13,15H2,1H3,(H,33,38)(H,34,37). The number of hydrogen-bond acceptors (Lipinski definition) is 4. The zero-order valence-corrected chi connectivity index (χ0v) is 21.1. The molecule has 2 N–H and O–H groups in total. The zero-order chi connectivity index (χ0) is 27.7. The van der Waals surface area contributed by atoms with E-state index in [0.717, 1.165) is 11.6 Å². The van der Waals surface area contributed by atoms with Gasteiger partial charge in [-0.25, -0.2) is 13.2 Å². The van der Waals surface area contributed by atoms with E-state index in [-0.39, 0.29) is 17.7 Å². The number of ether oxygens (including phenoxy) is 1. The number of fused-ring (bicyclic) bond motifs is 1. The zero-order valence-electron chi connectivity index (χ0n) is 21.1. The number of carbonyl (C=O) groups is 3. The van der Waals surface area contributed by atoms with E-state index in [0.29, 0.717) is 54.7 Å². The Balaban J connectivity index is 1.16. The Morgan fingerprint density at radius 3 is 2.41 bits per heavy atom. The third-order valence-electron chi connectivity index (χ3n) is 7.13. The minimum atomic E-state index is -1.33. The first kappa shape index (κ1) is 26.3. The molecule has 1 unspecified atom stereocenters. The van der Waals surface area contributed by atoms with Gasteiger partial charge in [0.05, 0.1) is 12.1 Å². The highest BCUT2D eigenvalue weighted by atomic mass is 19.2. The van der Waals surface area contributed by atoms with Gasteiger partial charge in [0, 0.05) is 29.9 Å². The summed E-state index contributed by atoms with van der Waals surface area (Å²) in [5.41, 5.74) is 1.90. The quantitative estimate of drug-likeness (QED) is 0.448. The van der Waals surface area contributed by atoms with E-state index in [1.165, 1.54) is 0 Å². The summed E-state index contributed by atoms with van der Waals surface area (Å²) in [6.07, 6.45) is 0.190. The predicted molar refractivity (Wildman–Crippen MR) is 138 cm³/mol. The van der Waals surface area contributed by atoms with Crippen molar-refractivity contribution in [2.75, 3.05) is 23.7 Å². The molecular formula is C29H26F3N3O4. The van der Waals surface area contributed by atoms with Crippen LogP contribution >= 0.6 is 0 Å². The lowest BCUT2D eigenvalue weighted by Crippen LogP contribution is -2.39. The summed E-state index contributed by atoms with van der Waals surface area (Å²) in [5.74, 6) is -3.83. The van der Waals surface area contributed by atoms with E-state index >= 15 is 0 Å². The van der Waals surface area contributed by atoms with Crippen molar-refractivity contribution in [3.05, 3.63) is 88.7 Å². The van der Waals surface area contributed by atoms with Crippen LogP contribution in [0.15, 0.2) is 54.6 Å². The Hall–Kier alpha value is -4.34. The van der Waals surface area contributed by atoms with Crippen molar-refractivity contribution >= 4 is 29.1 Å². The van der Waals surface area contributed by atoms with Gasteiger partial charge in [0.25, 0.3) is 11.8 Å². The molecule has 2 heterocycles. The van der Waals surface area contributed by atoms with E-state index in [9.17, 15) is 27.6 Å². The molecule has 3 aromatic carbocycles. The highest BCUT2D eigenvalue weighted by Gasteiger charge is 2.27. The SMILES string of the molecule is CC1Oc2ccc(C(=O)Nc3ccc(C4CCN(C(=O)Cc5c(F)ccc(F)c5F)CC4)cc3)cc2NC1=O. The number of carbonyl (C=O) groups excluding carboxylic acids is 3. The number of halogens is 3. The molecule has 3 amide bonds. The van der Waals surface area contributed by atoms with Crippen molar-refractivity contribution in [2.24, 2.45) is 0 Å². The lowest BCUT2D eigenvalue weighted by atomic mass is 9.89. The first-order chi connectivity index (χ1) is 18.7. The van der Waals surface area contributed by atoms with E-state index in [4.69, 9.17) is 4.74 Å². The summed E-state index contributed by atoms with van der Waals surface area (Å²) in [6, 6.07) is 13.8. The monoisotopic (exact) mass is 537 g/mol. The molecule has 1 saturated heterocycles. The Morgan fingerprint density at radius 2 is 1.69 bits per heavy atom. The highest BCUT2D eigenvalue weighted by molar-refractivity contribution is 6.06. The smallest absolute Gasteiger partial charge is 0.265 e. The molecule has 5 rings (SSSR count). The van der Waals surface area contributed by atoms with Gasteiger partial charge in [-0.3, -0.25) is 14.4 Å². The molecule has 10 heteroatoms. The normalized spacial score (nSPS) is 17.2. The van der Waals surface area contributed by atoms with Gasteiger partial charge >= 0.3 is 0 Å². The van der Waals surface area contributed by atoms with Gasteiger partial charge in [-0.15, -0.1) is 0 Å². The summed E-state index contributed by atoms with van der Waals surface area (Å²) in [6.45, 7) is 2.47. The van der Waals surface area contributed by atoms with Crippen LogP contribution in [0.5, 0.6) is 5.75 Å². The molecule has 1 fully saturated rings. The molecule has 0 aromatic heterocycles. The van der Waals surface area contributed by atoms with Crippen molar-refractivity contribution in [1.82, 2.24) is 4.90 Å². The number of benzene rings is 3. The largest absolute Gasteiger partial charge is 0.479 e. The van der Waals surface area contributed by atoms with Crippen LogP contribution in [0.25, 0.3) is 0 Å². The van der Waals surface area contributed by atoms with Crippen LogP contribution in [-0.2, 0) is 16.0 Å². The Morgan fingerprint density at radius 1 is 1.00 bits per heavy atom. The Labute approximate surface area is 223 Å². The van der Waals surface area contributed by atoms with E-state index in [1.807, 2.05) is 12.1 Å². The fraction of sp³-hybridized carbons (Fsp3) is 0.276. The summed E-state index contributed by atoms with van der Waals surface area (Å²) in [4.78, 5) is 38.8. The van der Waals surface area contributed by atoms with Gasteiger partial charge in [-0.2, -0.15) is 0 Å². The Kier molecular flexibility index (Phi) is 7.28. The molecule has 7 nitrogen and oxygen atoms in total. The summed E-state index contributed by atoms with van der Waals surface area (Å²) >= 11 is 0. The van der Waals surface area contributed by atoms with Gasteiger partial charge in [-0.1, -0.05) is 12.1 Å². The van der Waals surface area contributed by atoms with Crippen molar-refractivity contribution in [3.8, 4) is 5.75 Å². The van der Waals surface area contributed by atoms with E-state index in [1.54, 1.807) is 42.2 Å². The van der Waals surface area contributed by atoms with Gasteiger partial charge in [-0.05, 0) is 73.7 Å². The predicted octanol–water partition coefficient (Wildman–Crippen LogP) is 5.02. The van der Waals surface area contributed by atoms with Gasteiger partial charge in [0.2, 0.25) is 5.91 Å². The topological polar surface area (TPSA) is 87.7 Å². The van der Waals surface area contributed by atoms with Crippen LogP contribution in [0.4, 0.5) is 24.5 Å². The number of rotatable bonds is 5. The van der Waals surface area contributed by atoms with Gasteiger partial charge in [0.15, 0.2) is 17.7 Å². The second-order valence-corrected chi connectivity index (χ2v) is 9.69. The minimum absolute atomic E-state index is 0.174. The number of anilines is 2. The number of piperidine rings is 1. The van der Waals surface area contributed by atoms with Crippen LogP contribution in [0.3, 0.4) is 0 Å². The summed E-state index contributed by atoms with van der Waals surface area (Å²) in [7, 11) is 0. The lowest BCUT2D eigenvalue weighted by Gasteiger charge is -2.32. The summed E-state index contributed by atoms with van der Waals surface area (Å²) in [5, 5.41) is 5.56. The molecule has 0 bridgehead atoms. The number of hydrogen-bond donors (Lipinski definition) is 2. The van der Waals surface area contributed by atoms with Crippen LogP contribution in [-0.4, -0.2) is 41.8 Å². The fourth-order valence-corrected chi connectivity index (χ4v) is 4.85. The number of likely N-dealkylation sites (tertiary alicyclic amines) is 1. The first-order valence-electron chi connectivity index (χ1n) is 12.6. The van der Waals surface area contributed by atoms with Crippen LogP contribution in [0.2, 0.25) is 0 Å². The molecular weight excluding hydrogens is 511 g/mol. The van der Waals surface area contributed by atoms with Gasteiger partial charge < -0.3 is 20.3 Å². The van der Waals surface area contributed by atoms with Crippen LogP contribution < -0.4 is 15.4 Å². The van der Waals surface area contributed by atoms with Crippen molar-refractivity contribution in [2.45, 2.75) is 38.2 Å². The number of amides is 3. The van der Waals surface area contributed by atoms with Gasteiger partial charge in [0.1, 0.15) is 11.6 Å². The second kappa shape index (κ2) is 10.8. The van der Waals surface area contributed by atoms with Crippen LogP contribution in [0.1, 0.15) is 47.2 Å². The third-order valence-corrected chi connectivity index (χ3v) is 7.13. The first-order valence-corrected chi connectivity index (χ1v) is 12.6. The van der Waals surface area contributed by atoms with E-state index < -0.39 is 41.4 Å². The second-order valence-electron chi connectivity index (χ2n) is 9.69. The summed E-state index contributed by atoms with van der Waals surface area (Å²) < 4.78 is 46.8. The van der Waals surface area contributed by atoms with Crippen molar-refractivity contribution in [1.29, 1.82) is 0 Å². The average Bonchev–Trinajstić information content (AvgIpc) is 2.94. The maximum Gasteiger partial charge on any atom is 0.265 e. The maximum absolute atomic E-state index is 13.9.